The highest BCUT2D eigenvalue weighted by Crippen LogP contribution is 2.41. The van der Waals surface area contributed by atoms with Crippen molar-refractivity contribution in [2.45, 2.75) is 19.2 Å². The van der Waals surface area contributed by atoms with Gasteiger partial charge in [-0.3, -0.25) is 9.45 Å². The van der Waals surface area contributed by atoms with Gasteiger partial charge in [0, 0.05) is 21.1 Å². The largest absolute Gasteiger partial charge is 0.743 e. The zero-order chi connectivity index (χ0) is 25.5. The van der Waals surface area contributed by atoms with E-state index >= 15 is 0 Å². The van der Waals surface area contributed by atoms with E-state index in [0.29, 0.717) is 43.5 Å². The molecule has 1 aliphatic heterocycles. The number of hydrogen-bond acceptors (Lipinski definition) is 8. The van der Waals surface area contributed by atoms with E-state index in [1.54, 1.807) is 48.6 Å². The quantitative estimate of drug-likeness (QED) is 0.295. The standard InChI is InChI=1S/C21H18Br2N2O8S2/c1-2-13(7-20-24(11-34(26,27)28)16-9-14(22)3-5-18(16)32-20)8-21-25(12-35(29,30)31)17-10-15(23)4-6-19(17)33-21/h3-10H,2,11-12H2,1H3,(H-,26,27,28,29,30,31). The highest BCUT2D eigenvalue weighted by atomic mass is 79.9. The Labute approximate surface area is 218 Å². The van der Waals surface area contributed by atoms with Crippen LogP contribution in [-0.2, 0) is 26.1 Å². The molecule has 0 radical (unpaired) electrons. The Morgan fingerprint density at radius 1 is 1.14 bits per heavy atom. The number of rotatable bonds is 7. The van der Waals surface area contributed by atoms with Gasteiger partial charge in [-0.05, 0) is 42.3 Å². The van der Waals surface area contributed by atoms with Gasteiger partial charge >= 0.3 is 5.89 Å². The molecular formula is C21H18Br2N2O8S2. The van der Waals surface area contributed by atoms with Crippen LogP contribution in [0.15, 0.2) is 67.3 Å². The van der Waals surface area contributed by atoms with Crippen molar-refractivity contribution < 1.29 is 39.7 Å². The Hall–Kier alpha value is -2.23. The van der Waals surface area contributed by atoms with E-state index in [9.17, 15) is 25.9 Å². The Bertz CT molecular complexity index is 1590. The lowest BCUT2D eigenvalue weighted by molar-refractivity contribution is -0.658. The summed E-state index contributed by atoms with van der Waals surface area (Å²) in [4.78, 5) is 1.30. The first-order valence-electron chi connectivity index (χ1n) is 10.0. The van der Waals surface area contributed by atoms with Gasteiger partial charge in [-0.1, -0.05) is 38.8 Å². The maximum absolute atomic E-state index is 11.7. The van der Waals surface area contributed by atoms with E-state index in [1.807, 2.05) is 6.92 Å². The van der Waals surface area contributed by atoms with Crippen molar-refractivity contribution in [2.24, 2.45) is 0 Å². The number of fused-ring (bicyclic) bond motifs is 2. The van der Waals surface area contributed by atoms with Gasteiger partial charge in [-0.15, -0.1) is 4.57 Å². The highest BCUT2D eigenvalue weighted by Gasteiger charge is 2.30. The van der Waals surface area contributed by atoms with Gasteiger partial charge < -0.3 is 13.7 Å². The van der Waals surface area contributed by atoms with Crippen LogP contribution >= 0.6 is 31.9 Å². The molecule has 1 N–H and O–H groups in total. The van der Waals surface area contributed by atoms with Gasteiger partial charge in [-0.25, -0.2) is 8.42 Å². The number of oxazole rings is 1. The molecule has 186 valence electrons. The van der Waals surface area contributed by atoms with Crippen molar-refractivity contribution in [2.75, 3.05) is 10.8 Å². The van der Waals surface area contributed by atoms with Crippen LogP contribution in [0.4, 0.5) is 5.69 Å². The fourth-order valence-electron chi connectivity index (χ4n) is 3.51. The molecule has 2 heterocycles. The van der Waals surface area contributed by atoms with Crippen molar-refractivity contribution in [1.29, 1.82) is 0 Å². The smallest absolute Gasteiger partial charge is 0.375 e. The SMILES string of the molecule is CCC(=Cc1oc2ccc(Br)cc2[n+]1CS(=O)(=O)[O-])C=C1Oc2ccc(Br)cc2N1CS(=O)(=O)O. The molecule has 0 bridgehead atoms. The molecule has 0 unspecified atom stereocenters. The van der Waals surface area contributed by atoms with Crippen molar-refractivity contribution in [3.63, 3.8) is 0 Å². The fourth-order valence-corrected chi connectivity index (χ4v) is 5.39. The molecular weight excluding hydrogens is 632 g/mol. The Kier molecular flexibility index (Phi) is 7.14. The molecule has 0 aliphatic carbocycles. The van der Waals surface area contributed by atoms with Crippen LogP contribution < -0.4 is 14.2 Å². The van der Waals surface area contributed by atoms with E-state index < -0.39 is 32.0 Å². The fraction of sp³-hybridized carbons (Fsp3) is 0.190. The molecule has 0 spiro atoms. The third-order valence-electron chi connectivity index (χ3n) is 4.99. The van der Waals surface area contributed by atoms with Gasteiger partial charge in [-0.2, -0.15) is 8.42 Å². The average Bonchev–Trinajstić information content (AvgIpc) is 3.23. The summed E-state index contributed by atoms with van der Waals surface area (Å²) in [6.45, 7) is 1.82. The molecule has 0 amide bonds. The van der Waals surface area contributed by atoms with Crippen LogP contribution in [-0.4, -0.2) is 31.8 Å². The Morgan fingerprint density at radius 3 is 2.49 bits per heavy atom. The zero-order valence-electron chi connectivity index (χ0n) is 18.0. The number of hydrogen-bond donors (Lipinski definition) is 1. The topological polar surface area (TPSA) is 141 Å². The van der Waals surface area contributed by atoms with Gasteiger partial charge in [0.05, 0.1) is 11.8 Å². The van der Waals surface area contributed by atoms with Crippen molar-refractivity contribution in [3.05, 3.63) is 68.8 Å². The van der Waals surface area contributed by atoms with E-state index in [2.05, 4.69) is 31.9 Å². The molecule has 4 rings (SSSR count). The van der Waals surface area contributed by atoms with E-state index in [0.717, 1.165) is 0 Å². The zero-order valence-corrected chi connectivity index (χ0v) is 22.8. The Morgan fingerprint density at radius 2 is 1.83 bits per heavy atom. The normalized spacial score (nSPS) is 15.6. The summed E-state index contributed by atoms with van der Waals surface area (Å²) < 4.78 is 81.8. The first kappa shape index (κ1) is 25.9. The number of aromatic nitrogens is 1. The number of ether oxygens (including phenoxy) is 1. The summed E-state index contributed by atoms with van der Waals surface area (Å²) >= 11 is 6.66. The van der Waals surface area contributed by atoms with E-state index in [4.69, 9.17) is 9.15 Å². The average molecular weight is 650 g/mol. The lowest BCUT2D eigenvalue weighted by Gasteiger charge is -2.16. The lowest BCUT2D eigenvalue weighted by Crippen LogP contribution is -2.39. The molecule has 14 heteroatoms. The van der Waals surface area contributed by atoms with Crippen LogP contribution in [0.3, 0.4) is 0 Å². The van der Waals surface area contributed by atoms with Crippen molar-refractivity contribution in [3.8, 4) is 5.75 Å². The number of anilines is 1. The third kappa shape index (κ3) is 6.13. The molecule has 0 saturated heterocycles. The number of halogens is 2. The summed E-state index contributed by atoms with van der Waals surface area (Å²) in [5, 5.41) is 0. The number of benzene rings is 2. The molecule has 2 aromatic carbocycles. The van der Waals surface area contributed by atoms with Gasteiger partial charge in [0.25, 0.3) is 15.6 Å². The van der Waals surface area contributed by atoms with Gasteiger partial charge in [0.15, 0.2) is 21.7 Å². The lowest BCUT2D eigenvalue weighted by atomic mass is 10.2. The monoisotopic (exact) mass is 648 g/mol. The van der Waals surface area contributed by atoms with E-state index in [-0.39, 0.29) is 11.8 Å². The molecule has 35 heavy (non-hydrogen) atoms. The summed E-state index contributed by atoms with van der Waals surface area (Å²) in [7, 11) is -9.05. The van der Waals surface area contributed by atoms with Gasteiger partial charge in [0.2, 0.25) is 17.3 Å². The number of nitrogens with zero attached hydrogens (tertiary/aromatic N) is 2. The third-order valence-corrected chi connectivity index (χ3v) is 7.14. The Balaban J connectivity index is 1.83. The van der Waals surface area contributed by atoms with Crippen LogP contribution in [0, 0.1) is 0 Å². The molecule has 0 saturated carbocycles. The summed E-state index contributed by atoms with van der Waals surface area (Å²) in [5.41, 5.74) is 1.77. The first-order valence-corrected chi connectivity index (χ1v) is 14.8. The molecule has 10 nitrogen and oxygen atoms in total. The maximum Gasteiger partial charge on any atom is 0.375 e. The minimum absolute atomic E-state index is 0.103. The summed E-state index contributed by atoms with van der Waals surface area (Å²) in [6, 6.07) is 10.0. The molecule has 1 aliphatic rings. The number of allylic oxidation sites excluding steroid dienone is 2. The van der Waals surface area contributed by atoms with Crippen LogP contribution in [0.1, 0.15) is 19.2 Å². The molecule has 3 aromatic rings. The van der Waals surface area contributed by atoms with Gasteiger partial charge in [0.1, 0.15) is 0 Å². The first-order chi connectivity index (χ1) is 16.3. The molecule has 0 atom stereocenters. The molecule has 0 fully saturated rings. The van der Waals surface area contributed by atoms with Crippen LogP contribution in [0.2, 0.25) is 0 Å². The summed E-state index contributed by atoms with van der Waals surface area (Å²) in [6.07, 6.45) is 3.51. The summed E-state index contributed by atoms with van der Waals surface area (Å²) in [5.74, 6) is -0.969. The van der Waals surface area contributed by atoms with Crippen molar-refractivity contribution in [1.82, 2.24) is 0 Å². The highest BCUT2D eigenvalue weighted by molar-refractivity contribution is 9.10. The van der Waals surface area contributed by atoms with Crippen LogP contribution in [0.5, 0.6) is 5.75 Å². The molecule has 1 aromatic heterocycles. The second-order valence-electron chi connectivity index (χ2n) is 7.58. The van der Waals surface area contributed by atoms with Crippen molar-refractivity contribution >= 4 is 75.0 Å². The second-order valence-corrected chi connectivity index (χ2v) is 12.2. The minimum Gasteiger partial charge on any atom is -0.743 e. The maximum atomic E-state index is 11.7. The predicted octanol–water partition coefficient (Wildman–Crippen LogP) is 4.13. The van der Waals surface area contributed by atoms with E-state index in [1.165, 1.54) is 9.47 Å². The second kappa shape index (κ2) is 9.67. The minimum atomic E-state index is -4.65. The van der Waals surface area contributed by atoms with Crippen LogP contribution in [0.25, 0.3) is 17.2 Å². The predicted molar refractivity (Wildman–Crippen MR) is 134 cm³/mol.